The molecule has 0 radical (unpaired) electrons. The lowest BCUT2D eigenvalue weighted by Gasteiger charge is -2.15. The Bertz CT molecular complexity index is 463. The molecule has 0 saturated heterocycles. The molecule has 2 rings (SSSR count). The Hall–Kier alpha value is -2.00. The van der Waals surface area contributed by atoms with Crippen LogP contribution in [0.2, 0.25) is 0 Å². The molecular formula is C10H17N7O2. The lowest BCUT2D eigenvalue weighted by molar-refractivity contribution is -0.384. The first-order valence-corrected chi connectivity index (χ1v) is 6.04. The zero-order valence-corrected chi connectivity index (χ0v) is 10.7. The van der Waals surface area contributed by atoms with Crippen LogP contribution in [0.5, 0.6) is 0 Å². The average molecular weight is 267 g/mol. The van der Waals surface area contributed by atoms with Crippen LogP contribution in [-0.4, -0.2) is 46.0 Å². The van der Waals surface area contributed by atoms with Crippen molar-refractivity contribution in [1.29, 1.82) is 0 Å². The van der Waals surface area contributed by atoms with Crippen molar-refractivity contribution in [3.63, 3.8) is 0 Å². The monoisotopic (exact) mass is 267 g/mol. The van der Waals surface area contributed by atoms with Gasteiger partial charge in [-0.1, -0.05) is 0 Å². The normalized spacial score (nSPS) is 14.5. The smallest absolute Gasteiger partial charge is 0.329 e. The van der Waals surface area contributed by atoms with Crippen LogP contribution in [0, 0.1) is 10.1 Å². The highest BCUT2D eigenvalue weighted by molar-refractivity contribution is 5.56. The molecule has 1 aliphatic carbocycles. The van der Waals surface area contributed by atoms with Crippen molar-refractivity contribution in [2.45, 2.75) is 18.9 Å². The van der Waals surface area contributed by atoms with Crippen LogP contribution in [0.25, 0.3) is 0 Å². The summed E-state index contributed by atoms with van der Waals surface area (Å²) in [5.41, 5.74) is 2.11. The number of hydrogen-bond donors (Lipinski definition) is 3. The van der Waals surface area contributed by atoms with Crippen molar-refractivity contribution in [1.82, 2.24) is 14.9 Å². The van der Waals surface area contributed by atoms with Gasteiger partial charge in [0.1, 0.15) is 6.20 Å². The third-order valence-electron chi connectivity index (χ3n) is 3.02. The summed E-state index contributed by atoms with van der Waals surface area (Å²) >= 11 is 0. The van der Waals surface area contributed by atoms with Crippen LogP contribution >= 0.6 is 0 Å². The third-order valence-corrected chi connectivity index (χ3v) is 3.02. The van der Waals surface area contributed by atoms with Gasteiger partial charge in [0.05, 0.1) is 4.92 Å². The number of rotatable bonds is 7. The van der Waals surface area contributed by atoms with Crippen molar-refractivity contribution >= 4 is 17.5 Å². The van der Waals surface area contributed by atoms with Crippen LogP contribution in [0.4, 0.5) is 17.5 Å². The maximum atomic E-state index is 10.9. The summed E-state index contributed by atoms with van der Waals surface area (Å²) in [5.74, 6) is 5.51. The van der Waals surface area contributed by atoms with E-state index in [9.17, 15) is 10.1 Å². The minimum absolute atomic E-state index is 0.142. The summed E-state index contributed by atoms with van der Waals surface area (Å²) in [4.78, 5) is 20.2. The number of hydrogen-bond acceptors (Lipinski definition) is 8. The van der Waals surface area contributed by atoms with Gasteiger partial charge in [0.25, 0.3) is 0 Å². The lowest BCUT2D eigenvalue weighted by atomic mass is 10.4. The molecule has 0 spiro atoms. The second-order valence-corrected chi connectivity index (χ2v) is 4.47. The summed E-state index contributed by atoms with van der Waals surface area (Å²) in [6.45, 7) is 1.38. The van der Waals surface area contributed by atoms with Gasteiger partial charge in [0, 0.05) is 19.1 Å². The van der Waals surface area contributed by atoms with E-state index in [2.05, 4.69) is 25.6 Å². The molecule has 0 amide bonds. The average Bonchev–Trinajstić information content (AvgIpc) is 3.22. The van der Waals surface area contributed by atoms with E-state index in [0.717, 1.165) is 12.7 Å². The fourth-order valence-corrected chi connectivity index (χ4v) is 1.76. The summed E-state index contributed by atoms with van der Waals surface area (Å²) in [5, 5.41) is 13.8. The number of likely N-dealkylation sites (N-methyl/N-ethyl adjacent to an activating group) is 1. The quantitative estimate of drug-likeness (QED) is 0.363. The van der Waals surface area contributed by atoms with Gasteiger partial charge >= 0.3 is 5.69 Å². The zero-order chi connectivity index (χ0) is 13.8. The minimum Gasteiger partial charge on any atom is -0.363 e. The number of anilines is 2. The highest BCUT2D eigenvalue weighted by Gasteiger charge is 2.25. The fourth-order valence-electron chi connectivity index (χ4n) is 1.76. The maximum Gasteiger partial charge on any atom is 0.329 e. The topological polar surface area (TPSA) is 122 Å². The second kappa shape index (κ2) is 5.76. The Kier molecular flexibility index (Phi) is 4.07. The molecule has 1 heterocycles. The highest BCUT2D eigenvalue weighted by Crippen LogP contribution is 2.25. The lowest BCUT2D eigenvalue weighted by Crippen LogP contribution is -2.27. The van der Waals surface area contributed by atoms with Crippen molar-refractivity contribution in [3.8, 4) is 0 Å². The predicted octanol–water partition coefficient (Wildman–Crippen LogP) is 0.177. The standard InChI is InChI=1S/C10H17N7O2/c1-16(7-2-3-7)5-4-12-9-8(17(18)19)6-13-10(14-9)15-11/h6-7H,2-5,11H2,1H3,(H2,12,13,14,15). The van der Waals surface area contributed by atoms with Crippen molar-refractivity contribution in [2.24, 2.45) is 5.84 Å². The Labute approximate surface area is 110 Å². The zero-order valence-electron chi connectivity index (χ0n) is 10.7. The first-order chi connectivity index (χ1) is 9.11. The number of hydrazine groups is 1. The number of nitrogens with two attached hydrogens (primary N) is 1. The molecule has 0 unspecified atom stereocenters. The number of aromatic nitrogens is 2. The molecule has 1 aromatic rings. The number of nitro groups is 1. The first-order valence-electron chi connectivity index (χ1n) is 6.04. The van der Waals surface area contributed by atoms with E-state index in [0.29, 0.717) is 12.6 Å². The van der Waals surface area contributed by atoms with Crippen LogP contribution in [0.15, 0.2) is 6.20 Å². The van der Waals surface area contributed by atoms with Crippen molar-refractivity contribution < 1.29 is 4.92 Å². The van der Waals surface area contributed by atoms with E-state index in [4.69, 9.17) is 5.84 Å². The third kappa shape index (κ3) is 3.48. The Morgan fingerprint density at radius 3 is 2.95 bits per heavy atom. The first kappa shape index (κ1) is 13.4. The van der Waals surface area contributed by atoms with Gasteiger partial charge in [-0.25, -0.2) is 10.8 Å². The summed E-state index contributed by atoms with van der Waals surface area (Å²) < 4.78 is 0. The Morgan fingerprint density at radius 1 is 1.63 bits per heavy atom. The molecule has 9 nitrogen and oxygen atoms in total. The minimum atomic E-state index is -0.521. The molecule has 1 aromatic heterocycles. The van der Waals surface area contributed by atoms with E-state index in [1.165, 1.54) is 12.8 Å². The Morgan fingerprint density at radius 2 is 2.37 bits per heavy atom. The van der Waals surface area contributed by atoms with Gasteiger partial charge in [-0.3, -0.25) is 15.5 Å². The highest BCUT2D eigenvalue weighted by atomic mass is 16.6. The van der Waals surface area contributed by atoms with E-state index in [-0.39, 0.29) is 17.5 Å². The number of nitrogen functional groups attached to an aromatic ring is 1. The molecule has 0 bridgehead atoms. The SMILES string of the molecule is CN(CCNc1nc(NN)ncc1[N+](=O)[O-])C1CC1. The van der Waals surface area contributed by atoms with E-state index < -0.39 is 4.92 Å². The van der Waals surface area contributed by atoms with E-state index >= 15 is 0 Å². The number of nitrogens with zero attached hydrogens (tertiary/aromatic N) is 4. The molecule has 0 aliphatic heterocycles. The molecular weight excluding hydrogens is 250 g/mol. The maximum absolute atomic E-state index is 10.9. The number of nitrogens with one attached hydrogen (secondary N) is 2. The molecule has 9 heteroatoms. The van der Waals surface area contributed by atoms with Crippen molar-refractivity contribution in [2.75, 3.05) is 30.9 Å². The molecule has 19 heavy (non-hydrogen) atoms. The summed E-state index contributed by atoms with van der Waals surface area (Å²) in [7, 11) is 2.04. The van der Waals surface area contributed by atoms with Crippen LogP contribution in [0.3, 0.4) is 0 Å². The van der Waals surface area contributed by atoms with Crippen LogP contribution < -0.4 is 16.6 Å². The van der Waals surface area contributed by atoms with E-state index in [1.54, 1.807) is 0 Å². The molecule has 0 atom stereocenters. The van der Waals surface area contributed by atoms with Gasteiger partial charge in [-0.2, -0.15) is 4.98 Å². The molecule has 1 aliphatic rings. The second-order valence-electron chi connectivity index (χ2n) is 4.47. The molecule has 4 N–H and O–H groups in total. The van der Waals surface area contributed by atoms with Gasteiger partial charge < -0.3 is 10.2 Å². The predicted molar refractivity (Wildman–Crippen MR) is 70.6 cm³/mol. The molecule has 104 valence electrons. The molecule has 1 fully saturated rings. The summed E-state index contributed by atoms with van der Waals surface area (Å²) in [6, 6.07) is 0.656. The summed E-state index contributed by atoms with van der Waals surface area (Å²) in [6.07, 6.45) is 3.59. The van der Waals surface area contributed by atoms with Crippen LogP contribution in [-0.2, 0) is 0 Å². The molecule has 1 saturated carbocycles. The van der Waals surface area contributed by atoms with Crippen molar-refractivity contribution in [3.05, 3.63) is 16.3 Å². The molecule has 0 aromatic carbocycles. The van der Waals surface area contributed by atoms with Gasteiger partial charge in [0.2, 0.25) is 11.8 Å². The van der Waals surface area contributed by atoms with Gasteiger partial charge in [0.15, 0.2) is 0 Å². The van der Waals surface area contributed by atoms with E-state index in [1.807, 2.05) is 7.05 Å². The fraction of sp³-hybridized carbons (Fsp3) is 0.600. The van der Waals surface area contributed by atoms with Crippen LogP contribution in [0.1, 0.15) is 12.8 Å². The van der Waals surface area contributed by atoms with Gasteiger partial charge in [-0.05, 0) is 19.9 Å². The van der Waals surface area contributed by atoms with Gasteiger partial charge in [-0.15, -0.1) is 0 Å². The Balaban J connectivity index is 1.98. The largest absolute Gasteiger partial charge is 0.363 e.